The first kappa shape index (κ1) is 32.4. The fraction of sp³-hybridized carbons (Fsp3) is 0.486. The monoisotopic (exact) mass is 642 g/mol. The zero-order valence-corrected chi connectivity index (χ0v) is 28.1. The molecule has 8 nitrogen and oxygen atoms in total. The van der Waals surface area contributed by atoms with Gasteiger partial charge in [0.15, 0.2) is 0 Å². The Hall–Kier alpha value is -3.56. The molecule has 9 heteroatoms. The number of likely N-dealkylation sites (tertiary alicyclic amines) is 1. The number of carbonyl (C=O) groups is 3. The summed E-state index contributed by atoms with van der Waals surface area (Å²) in [5, 5.41) is 10.4. The molecule has 0 radical (unpaired) electrons. The zero-order valence-electron chi connectivity index (χ0n) is 27.3. The van der Waals surface area contributed by atoms with Crippen molar-refractivity contribution in [1.29, 1.82) is 0 Å². The van der Waals surface area contributed by atoms with Crippen LogP contribution in [0.1, 0.15) is 39.7 Å². The number of hydrogen-bond acceptors (Lipinski definition) is 6. The van der Waals surface area contributed by atoms with Gasteiger partial charge in [-0.05, 0) is 56.0 Å². The number of amides is 3. The largest absolute Gasteiger partial charge is 0.394 e. The van der Waals surface area contributed by atoms with Crippen molar-refractivity contribution in [2.75, 3.05) is 42.6 Å². The number of nitrogens with zero attached hydrogens (tertiary/aromatic N) is 4. The summed E-state index contributed by atoms with van der Waals surface area (Å²) in [6.07, 6.45) is 8.72. The van der Waals surface area contributed by atoms with Crippen LogP contribution in [-0.4, -0.2) is 87.5 Å². The molecule has 244 valence electrons. The van der Waals surface area contributed by atoms with Crippen molar-refractivity contribution in [3.63, 3.8) is 0 Å². The summed E-state index contributed by atoms with van der Waals surface area (Å²) in [4.78, 5) is 51.7. The molecule has 1 unspecified atom stereocenters. The highest BCUT2D eigenvalue weighted by Gasteiger charge is 2.71. The SMILES string of the molecule is CCN(CC)c1ccc(N2CC=C[C@]34S[C@H]5C=CCN(Cc6ccccc6)C(=O)[C@H]5[C@H]3C(=O)N([C@@H](CO)CC(C)C)C4C2=O)cc1. The Balaban J connectivity index is 1.40. The molecule has 0 bridgehead atoms. The molecule has 2 aromatic carbocycles. The molecule has 4 heterocycles. The van der Waals surface area contributed by atoms with Crippen LogP contribution in [-0.2, 0) is 20.9 Å². The van der Waals surface area contributed by atoms with Crippen molar-refractivity contribution < 1.29 is 19.5 Å². The van der Waals surface area contributed by atoms with Gasteiger partial charge in [0.1, 0.15) is 6.04 Å². The van der Waals surface area contributed by atoms with Gasteiger partial charge in [-0.2, -0.15) is 0 Å². The van der Waals surface area contributed by atoms with Gasteiger partial charge in [0.25, 0.3) is 5.91 Å². The third-order valence-electron chi connectivity index (χ3n) is 10.0. The van der Waals surface area contributed by atoms with Crippen LogP contribution in [0.3, 0.4) is 0 Å². The topological polar surface area (TPSA) is 84.4 Å². The molecule has 1 N–H and O–H groups in total. The predicted molar refractivity (Wildman–Crippen MR) is 185 cm³/mol. The van der Waals surface area contributed by atoms with Crippen LogP contribution in [0.4, 0.5) is 11.4 Å². The molecule has 0 saturated carbocycles. The molecule has 6 atom stereocenters. The van der Waals surface area contributed by atoms with Crippen molar-refractivity contribution >= 4 is 40.9 Å². The van der Waals surface area contributed by atoms with Crippen LogP contribution in [0.25, 0.3) is 0 Å². The van der Waals surface area contributed by atoms with Gasteiger partial charge in [0.2, 0.25) is 11.8 Å². The number of fused-ring (bicyclic) bond motifs is 2. The van der Waals surface area contributed by atoms with Gasteiger partial charge < -0.3 is 24.7 Å². The second-order valence-corrected chi connectivity index (χ2v) is 14.7. The average molecular weight is 643 g/mol. The quantitative estimate of drug-likeness (QED) is 0.377. The Morgan fingerprint density at radius 1 is 0.935 bits per heavy atom. The number of aliphatic hydroxyl groups is 1. The van der Waals surface area contributed by atoms with E-state index in [4.69, 9.17) is 0 Å². The van der Waals surface area contributed by atoms with E-state index in [-0.39, 0.29) is 35.5 Å². The van der Waals surface area contributed by atoms with E-state index in [1.165, 1.54) is 0 Å². The maximum absolute atomic E-state index is 14.9. The van der Waals surface area contributed by atoms with Gasteiger partial charge >= 0.3 is 0 Å². The average Bonchev–Trinajstić information content (AvgIpc) is 3.38. The van der Waals surface area contributed by atoms with E-state index in [1.807, 2.05) is 77.7 Å². The molecule has 0 aliphatic carbocycles. The molecule has 3 amide bonds. The zero-order chi connectivity index (χ0) is 32.6. The second-order valence-electron chi connectivity index (χ2n) is 13.2. The summed E-state index contributed by atoms with van der Waals surface area (Å²) in [7, 11) is 0. The third kappa shape index (κ3) is 5.55. The van der Waals surface area contributed by atoms with E-state index in [1.54, 1.807) is 21.6 Å². The van der Waals surface area contributed by atoms with Gasteiger partial charge in [0.05, 0.1) is 29.2 Å². The molecular weight excluding hydrogens is 596 g/mol. The molecule has 6 rings (SSSR count). The van der Waals surface area contributed by atoms with Gasteiger partial charge in [-0.3, -0.25) is 14.4 Å². The summed E-state index contributed by atoms with van der Waals surface area (Å²) in [5.41, 5.74) is 2.89. The first-order valence-electron chi connectivity index (χ1n) is 16.7. The van der Waals surface area contributed by atoms with Crippen LogP contribution < -0.4 is 9.80 Å². The Bertz CT molecular complexity index is 1490. The minimum atomic E-state index is -0.931. The Kier molecular flexibility index (Phi) is 9.35. The number of anilines is 2. The maximum atomic E-state index is 14.9. The lowest BCUT2D eigenvalue weighted by Crippen LogP contribution is -2.57. The highest BCUT2D eigenvalue weighted by Crippen LogP contribution is 2.61. The van der Waals surface area contributed by atoms with Crippen molar-refractivity contribution in [3.05, 3.63) is 84.5 Å². The Morgan fingerprint density at radius 2 is 1.65 bits per heavy atom. The standard InChI is InChI=1S/C37H46N4O4S/c1-5-38(6-2)27-15-17-28(18-16-27)40-21-11-19-37-32(35(44)41(33(37)36(40)45)29(24-42)22-25(3)4)31-30(46-37)14-10-20-39(34(31)43)23-26-12-8-7-9-13-26/h7-19,25,29-33,42H,5-6,20-24H2,1-4H3/t29-,30+,31-,32+,33?,37+/m1/s1. The number of carbonyl (C=O) groups excluding carboxylic acids is 3. The van der Waals surface area contributed by atoms with Crippen LogP contribution in [0.15, 0.2) is 78.9 Å². The summed E-state index contributed by atoms with van der Waals surface area (Å²) < 4.78 is -0.931. The van der Waals surface area contributed by atoms with Gasteiger partial charge in [0, 0.05) is 49.3 Å². The molecule has 1 spiro atoms. The first-order chi connectivity index (χ1) is 22.2. The van der Waals surface area contributed by atoms with Crippen LogP contribution in [0, 0.1) is 17.8 Å². The summed E-state index contributed by atoms with van der Waals surface area (Å²) in [6.45, 7) is 11.2. The van der Waals surface area contributed by atoms with Crippen molar-refractivity contribution in [2.24, 2.45) is 17.8 Å². The van der Waals surface area contributed by atoms with Gasteiger partial charge in [-0.25, -0.2) is 0 Å². The van der Waals surface area contributed by atoms with Crippen molar-refractivity contribution in [1.82, 2.24) is 9.80 Å². The smallest absolute Gasteiger partial charge is 0.251 e. The molecule has 4 aliphatic rings. The van der Waals surface area contributed by atoms with Crippen LogP contribution in [0.5, 0.6) is 0 Å². The van der Waals surface area contributed by atoms with E-state index in [0.717, 1.165) is 30.0 Å². The van der Waals surface area contributed by atoms with Gasteiger partial charge in [-0.15, -0.1) is 11.8 Å². The number of rotatable bonds is 10. The second kappa shape index (κ2) is 13.3. The first-order valence-corrected chi connectivity index (χ1v) is 17.6. The van der Waals surface area contributed by atoms with E-state index < -0.39 is 28.7 Å². The molecule has 2 saturated heterocycles. The van der Waals surface area contributed by atoms with Crippen LogP contribution in [0.2, 0.25) is 0 Å². The molecule has 0 aromatic heterocycles. The maximum Gasteiger partial charge on any atom is 0.251 e. The molecule has 2 aromatic rings. The lowest BCUT2D eigenvalue weighted by atomic mass is 9.78. The summed E-state index contributed by atoms with van der Waals surface area (Å²) in [5.74, 6) is -1.55. The number of benzene rings is 2. The highest BCUT2D eigenvalue weighted by atomic mass is 32.2. The van der Waals surface area contributed by atoms with E-state index >= 15 is 0 Å². The third-order valence-corrected chi connectivity index (χ3v) is 11.8. The fourth-order valence-corrected chi connectivity index (χ4v) is 9.95. The minimum absolute atomic E-state index is 0.0551. The normalized spacial score (nSPS) is 27.9. The molecule has 4 aliphatic heterocycles. The fourth-order valence-electron chi connectivity index (χ4n) is 7.95. The summed E-state index contributed by atoms with van der Waals surface area (Å²) >= 11 is 1.58. The van der Waals surface area contributed by atoms with Gasteiger partial charge in [-0.1, -0.05) is 68.5 Å². The van der Waals surface area contributed by atoms with E-state index in [2.05, 4.69) is 38.7 Å². The minimum Gasteiger partial charge on any atom is -0.394 e. The predicted octanol–water partition coefficient (Wildman–Crippen LogP) is 4.74. The number of aliphatic hydroxyl groups excluding tert-OH is 1. The Labute approximate surface area is 277 Å². The number of hydrogen-bond donors (Lipinski definition) is 1. The number of thioether (sulfide) groups is 1. The summed E-state index contributed by atoms with van der Waals surface area (Å²) in [6, 6.07) is 16.6. The molecule has 2 fully saturated rings. The lowest BCUT2D eigenvalue weighted by Gasteiger charge is -2.39. The van der Waals surface area contributed by atoms with Crippen molar-refractivity contribution in [2.45, 2.75) is 62.7 Å². The molecule has 46 heavy (non-hydrogen) atoms. The van der Waals surface area contributed by atoms with Crippen LogP contribution >= 0.6 is 11.8 Å². The Morgan fingerprint density at radius 3 is 2.30 bits per heavy atom. The van der Waals surface area contributed by atoms with E-state index in [0.29, 0.717) is 26.1 Å². The van der Waals surface area contributed by atoms with E-state index in [9.17, 15) is 19.5 Å². The molecular formula is C37H46N4O4S. The van der Waals surface area contributed by atoms with Crippen molar-refractivity contribution in [3.8, 4) is 0 Å². The lowest BCUT2D eigenvalue weighted by molar-refractivity contribution is -0.145. The highest BCUT2D eigenvalue weighted by molar-refractivity contribution is 8.02.